The van der Waals surface area contributed by atoms with E-state index in [4.69, 9.17) is 0 Å². The van der Waals surface area contributed by atoms with Crippen molar-refractivity contribution in [2.75, 3.05) is 25.0 Å². The number of halogens is 3. The van der Waals surface area contributed by atoms with Crippen LogP contribution in [0.4, 0.5) is 23.7 Å². The summed E-state index contributed by atoms with van der Waals surface area (Å²) < 4.78 is 38.1. The van der Waals surface area contributed by atoms with Crippen molar-refractivity contribution >= 4 is 22.6 Å². The number of H-pyrrole nitrogens is 1. The van der Waals surface area contributed by atoms with Crippen LogP contribution in [0.3, 0.4) is 0 Å². The third kappa shape index (κ3) is 3.47. The molecule has 2 aliphatic rings. The lowest BCUT2D eigenvalue weighted by Crippen LogP contribution is -2.46. The lowest BCUT2D eigenvalue weighted by molar-refractivity contribution is -0.143. The second kappa shape index (κ2) is 6.98. The number of aromatic amines is 1. The van der Waals surface area contributed by atoms with Crippen molar-refractivity contribution in [3.8, 4) is 11.3 Å². The van der Waals surface area contributed by atoms with Crippen LogP contribution in [0.2, 0.25) is 0 Å². The third-order valence-electron chi connectivity index (χ3n) is 5.66. The maximum absolute atomic E-state index is 12.7. The van der Waals surface area contributed by atoms with Crippen LogP contribution < -0.4 is 5.32 Å². The average Bonchev–Trinajstić information content (AvgIpc) is 3.32. The molecule has 4 heterocycles. The van der Waals surface area contributed by atoms with Crippen LogP contribution in [-0.4, -0.2) is 62.9 Å². The van der Waals surface area contributed by atoms with Gasteiger partial charge >= 0.3 is 12.2 Å². The van der Waals surface area contributed by atoms with E-state index >= 15 is 0 Å². The van der Waals surface area contributed by atoms with Gasteiger partial charge in [-0.05, 0) is 36.2 Å². The number of fused-ring (bicyclic) bond motifs is 2. The highest BCUT2D eigenvalue weighted by molar-refractivity contribution is 6.00. The molecule has 1 atom stereocenters. The zero-order chi connectivity index (χ0) is 20.9. The van der Waals surface area contributed by atoms with Gasteiger partial charge in [-0.15, -0.1) is 0 Å². The number of aromatic nitrogens is 3. The second-order valence-electron chi connectivity index (χ2n) is 7.72. The number of anilines is 1. The molecule has 156 valence electrons. The average molecular weight is 416 g/mol. The zero-order valence-corrected chi connectivity index (χ0v) is 15.9. The number of hydrogen-bond acceptors (Lipinski definition) is 4. The normalized spacial score (nSPS) is 19.9. The first-order valence-corrected chi connectivity index (χ1v) is 9.65. The van der Waals surface area contributed by atoms with E-state index < -0.39 is 12.7 Å². The molecule has 3 aromatic rings. The summed E-state index contributed by atoms with van der Waals surface area (Å²) in [5, 5.41) is 11.2. The van der Waals surface area contributed by atoms with Gasteiger partial charge in [0.25, 0.3) is 0 Å². The van der Waals surface area contributed by atoms with E-state index in [0.29, 0.717) is 25.2 Å². The highest BCUT2D eigenvalue weighted by atomic mass is 19.4. The highest BCUT2D eigenvalue weighted by Crippen LogP contribution is 2.34. The molecule has 0 saturated carbocycles. The van der Waals surface area contributed by atoms with Gasteiger partial charge < -0.3 is 10.2 Å². The molecule has 0 spiro atoms. The van der Waals surface area contributed by atoms with Crippen LogP contribution in [0, 0.1) is 0 Å². The summed E-state index contributed by atoms with van der Waals surface area (Å²) in [7, 11) is 0. The third-order valence-corrected chi connectivity index (χ3v) is 5.66. The van der Waals surface area contributed by atoms with Crippen LogP contribution in [0.25, 0.3) is 22.2 Å². The van der Waals surface area contributed by atoms with Gasteiger partial charge in [-0.1, -0.05) is 0 Å². The molecule has 1 aromatic carbocycles. The van der Waals surface area contributed by atoms with E-state index in [2.05, 4.69) is 20.5 Å². The van der Waals surface area contributed by atoms with E-state index in [1.54, 1.807) is 17.3 Å². The fourth-order valence-corrected chi connectivity index (χ4v) is 4.28. The number of hydrogen-bond donors (Lipinski definition) is 2. The van der Waals surface area contributed by atoms with Gasteiger partial charge in [-0.25, -0.2) is 4.79 Å². The first kappa shape index (κ1) is 18.9. The minimum absolute atomic E-state index is 0.219. The fraction of sp³-hybridized carbons (Fsp3) is 0.350. The molecular formula is C20H19F3N6O. The van der Waals surface area contributed by atoms with Gasteiger partial charge in [0, 0.05) is 54.7 Å². The number of likely N-dealkylation sites (tertiary alicyclic amines) is 1. The second-order valence-corrected chi connectivity index (χ2v) is 7.72. The van der Waals surface area contributed by atoms with E-state index in [1.807, 2.05) is 24.3 Å². The number of alkyl halides is 3. The molecule has 30 heavy (non-hydrogen) atoms. The fourth-order valence-electron chi connectivity index (χ4n) is 4.28. The Kier molecular flexibility index (Phi) is 4.39. The number of rotatable bonds is 3. The van der Waals surface area contributed by atoms with Gasteiger partial charge in [0.1, 0.15) is 5.69 Å². The van der Waals surface area contributed by atoms with Crippen molar-refractivity contribution < 1.29 is 18.0 Å². The lowest BCUT2D eigenvalue weighted by Gasteiger charge is -2.34. The lowest BCUT2D eigenvalue weighted by atomic mass is 10.0. The van der Waals surface area contributed by atoms with Crippen molar-refractivity contribution in [1.82, 2.24) is 25.0 Å². The van der Waals surface area contributed by atoms with Crippen molar-refractivity contribution in [3.05, 3.63) is 42.2 Å². The number of nitrogens with zero attached hydrogens (tertiary/aromatic N) is 4. The van der Waals surface area contributed by atoms with Crippen LogP contribution >= 0.6 is 0 Å². The van der Waals surface area contributed by atoms with Crippen LogP contribution in [-0.2, 0) is 6.54 Å². The summed E-state index contributed by atoms with van der Waals surface area (Å²) in [6.07, 6.45) is -0.289. The summed E-state index contributed by atoms with van der Waals surface area (Å²) in [4.78, 5) is 19.8. The number of carbonyl (C=O) groups excluding carboxylic acids is 1. The molecule has 10 heteroatoms. The first-order valence-electron chi connectivity index (χ1n) is 9.65. The van der Waals surface area contributed by atoms with Gasteiger partial charge in [-0.2, -0.15) is 18.3 Å². The Morgan fingerprint density at radius 2 is 2.13 bits per heavy atom. The molecule has 2 aliphatic heterocycles. The first-order chi connectivity index (χ1) is 14.4. The summed E-state index contributed by atoms with van der Waals surface area (Å²) in [5.74, 6) is 0. The Morgan fingerprint density at radius 3 is 2.90 bits per heavy atom. The van der Waals surface area contributed by atoms with Gasteiger partial charge in [0.05, 0.1) is 12.1 Å². The number of carbonyl (C=O) groups is 1. The monoisotopic (exact) mass is 416 g/mol. The highest BCUT2D eigenvalue weighted by Gasteiger charge is 2.38. The molecule has 0 bridgehead atoms. The maximum Gasteiger partial charge on any atom is 0.401 e. The molecule has 2 aromatic heterocycles. The SMILES string of the molecule is O=C1Nc2cc3[nH]nc(-c4cccnc4)c3cc2CN1[C@H]1CCN(CC(F)(F)F)C1. The van der Waals surface area contributed by atoms with E-state index in [1.165, 1.54) is 4.90 Å². The topological polar surface area (TPSA) is 77.1 Å². The molecule has 2 amide bonds. The van der Waals surface area contributed by atoms with Crippen molar-refractivity contribution in [2.45, 2.75) is 25.2 Å². The zero-order valence-electron chi connectivity index (χ0n) is 15.9. The summed E-state index contributed by atoms with van der Waals surface area (Å²) in [5.41, 5.74) is 4.03. The Labute approximate surface area is 169 Å². The quantitative estimate of drug-likeness (QED) is 0.684. The standard InChI is InChI=1S/C20H19F3N6O/c21-20(22,23)11-28-5-3-14(10-28)29-9-13-6-15-17(7-16(13)25-19(29)30)26-27-18(15)12-2-1-4-24-8-12/h1-2,4,6-8,14H,3,5,9-11H2,(H,25,30)(H,26,27)/t14-/m0/s1. The van der Waals surface area contributed by atoms with Crippen LogP contribution in [0.15, 0.2) is 36.7 Å². The van der Waals surface area contributed by atoms with E-state index in [9.17, 15) is 18.0 Å². The van der Waals surface area contributed by atoms with Gasteiger partial charge in [0.15, 0.2) is 0 Å². The molecule has 0 radical (unpaired) electrons. The Hall–Kier alpha value is -3.14. The molecule has 7 nitrogen and oxygen atoms in total. The Bertz CT molecular complexity index is 1100. The van der Waals surface area contributed by atoms with Crippen molar-refractivity contribution in [2.24, 2.45) is 0 Å². The summed E-state index contributed by atoms with van der Waals surface area (Å²) >= 11 is 0. The largest absolute Gasteiger partial charge is 0.401 e. The maximum atomic E-state index is 12.7. The minimum atomic E-state index is -4.23. The number of pyridine rings is 1. The summed E-state index contributed by atoms with van der Waals surface area (Å²) in [6.45, 7) is -0.0527. The number of amides is 2. The van der Waals surface area contributed by atoms with Crippen molar-refractivity contribution in [3.63, 3.8) is 0 Å². The van der Waals surface area contributed by atoms with E-state index in [-0.39, 0.29) is 18.6 Å². The molecule has 2 N–H and O–H groups in total. The smallest absolute Gasteiger partial charge is 0.316 e. The number of urea groups is 1. The summed E-state index contributed by atoms with van der Waals surface area (Å²) in [6, 6.07) is 7.04. The molecular weight excluding hydrogens is 397 g/mol. The van der Waals surface area contributed by atoms with E-state index in [0.717, 1.165) is 27.7 Å². The molecule has 5 rings (SSSR count). The number of nitrogens with one attached hydrogen (secondary N) is 2. The van der Waals surface area contributed by atoms with Crippen LogP contribution in [0.5, 0.6) is 0 Å². The number of benzene rings is 1. The van der Waals surface area contributed by atoms with Crippen molar-refractivity contribution in [1.29, 1.82) is 0 Å². The molecule has 1 saturated heterocycles. The predicted molar refractivity (Wildman–Crippen MR) is 105 cm³/mol. The molecule has 0 unspecified atom stereocenters. The molecule has 0 aliphatic carbocycles. The van der Waals surface area contributed by atoms with Gasteiger partial charge in [-0.3, -0.25) is 15.0 Å². The molecule has 1 fully saturated rings. The van der Waals surface area contributed by atoms with Crippen LogP contribution in [0.1, 0.15) is 12.0 Å². The Morgan fingerprint density at radius 1 is 1.27 bits per heavy atom. The minimum Gasteiger partial charge on any atom is -0.316 e. The van der Waals surface area contributed by atoms with Gasteiger partial charge in [0.2, 0.25) is 0 Å². The Balaban J connectivity index is 1.42. The predicted octanol–water partition coefficient (Wildman–Crippen LogP) is 3.61.